The molecule has 3 rings (SSSR count). The topological polar surface area (TPSA) is 41.1 Å². The first-order chi connectivity index (χ1) is 11.8. The number of hydrogen-bond donors (Lipinski definition) is 2. The van der Waals surface area contributed by atoms with Crippen LogP contribution in [-0.2, 0) is 11.2 Å². The normalized spacial score (nSPS) is 15.2. The van der Waals surface area contributed by atoms with E-state index in [4.69, 9.17) is 0 Å². The Morgan fingerprint density at radius 1 is 0.958 bits per heavy atom. The van der Waals surface area contributed by atoms with E-state index in [2.05, 4.69) is 59.2 Å². The molecule has 0 bridgehead atoms. The van der Waals surface area contributed by atoms with E-state index >= 15 is 0 Å². The number of carbonyl (C=O) groups is 1. The Morgan fingerprint density at radius 2 is 1.62 bits per heavy atom. The van der Waals surface area contributed by atoms with E-state index in [1.807, 2.05) is 6.07 Å². The van der Waals surface area contributed by atoms with E-state index in [1.54, 1.807) is 0 Å². The van der Waals surface area contributed by atoms with Crippen molar-refractivity contribution in [2.24, 2.45) is 5.92 Å². The number of nitrogens with one attached hydrogen (secondary N) is 2. The third-order valence-electron chi connectivity index (χ3n) is 4.75. The maximum atomic E-state index is 12.0. The minimum Gasteiger partial charge on any atom is -0.356 e. The molecule has 1 fully saturated rings. The van der Waals surface area contributed by atoms with E-state index in [-0.39, 0.29) is 5.91 Å². The Balaban J connectivity index is 1.43. The summed E-state index contributed by atoms with van der Waals surface area (Å²) in [6, 6.07) is 18.9. The van der Waals surface area contributed by atoms with Crippen molar-refractivity contribution < 1.29 is 4.79 Å². The molecule has 126 valence electrons. The molecule has 2 N–H and O–H groups in total. The lowest BCUT2D eigenvalue weighted by molar-refractivity contribution is -0.121. The minimum absolute atomic E-state index is 0.167. The number of benzene rings is 2. The van der Waals surface area contributed by atoms with Crippen molar-refractivity contribution in [2.75, 3.05) is 19.6 Å². The second-order valence-electron chi connectivity index (χ2n) is 6.56. The van der Waals surface area contributed by atoms with Gasteiger partial charge in [0.2, 0.25) is 5.91 Å². The van der Waals surface area contributed by atoms with Crippen LogP contribution in [0.3, 0.4) is 0 Å². The first-order valence-electron chi connectivity index (χ1n) is 8.93. The van der Waals surface area contributed by atoms with Gasteiger partial charge in [0, 0.05) is 13.0 Å². The number of carbonyl (C=O) groups excluding carboxylic acids is 1. The Hall–Kier alpha value is -2.13. The van der Waals surface area contributed by atoms with Gasteiger partial charge in [-0.05, 0) is 55.0 Å². The highest BCUT2D eigenvalue weighted by Gasteiger charge is 2.13. The van der Waals surface area contributed by atoms with Crippen LogP contribution in [-0.4, -0.2) is 25.5 Å². The first-order valence-corrected chi connectivity index (χ1v) is 8.93. The average Bonchev–Trinajstić information content (AvgIpc) is 2.67. The van der Waals surface area contributed by atoms with Crippen molar-refractivity contribution >= 4 is 5.91 Å². The minimum atomic E-state index is 0.167. The van der Waals surface area contributed by atoms with Crippen molar-refractivity contribution in [1.82, 2.24) is 10.6 Å². The summed E-state index contributed by atoms with van der Waals surface area (Å²) in [7, 11) is 0. The largest absolute Gasteiger partial charge is 0.356 e. The van der Waals surface area contributed by atoms with Crippen molar-refractivity contribution in [3.8, 4) is 11.1 Å². The fraction of sp³-hybridized carbons (Fsp3) is 0.381. The lowest BCUT2D eigenvalue weighted by Crippen LogP contribution is -2.36. The average molecular weight is 322 g/mol. The molecule has 0 radical (unpaired) electrons. The molecule has 1 heterocycles. The highest BCUT2D eigenvalue weighted by Crippen LogP contribution is 2.19. The predicted octanol–water partition coefficient (Wildman–Crippen LogP) is 3.40. The molecule has 24 heavy (non-hydrogen) atoms. The van der Waals surface area contributed by atoms with Crippen molar-refractivity contribution in [3.05, 3.63) is 60.2 Å². The molecule has 0 aliphatic carbocycles. The molecule has 0 spiro atoms. The van der Waals surface area contributed by atoms with Crippen molar-refractivity contribution in [2.45, 2.75) is 25.7 Å². The molecule has 1 saturated heterocycles. The first kappa shape index (κ1) is 16.7. The number of aryl methyl sites for hydroxylation is 1. The van der Waals surface area contributed by atoms with Gasteiger partial charge in [0.25, 0.3) is 0 Å². The summed E-state index contributed by atoms with van der Waals surface area (Å²) in [4.78, 5) is 12.0. The van der Waals surface area contributed by atoms with E-state index in [9.17, 15) is 4.79 Å². The maximum Gasteiger partial charge on any atom is 0.220 e. The van der Waals surface area contributed by atoms with Gasteiger partial charge in [-0.3, -0.25) is 4.79 Å². The van der Waals surface area contributed by atoms with Crippen LogP contribution in [0.2, 0.25) is 0 Å². The molecule has 3 nitrogen and oxygen atoms in total. The zero-order chi connectivity index (χ0) is 16.6. The van der Waals surface area contributed by atoms with Crippen LogP contribution in [0, 0.1) is 5.92 Å². The van der Waals surface area contributed by atoms with Gasteiger partial charge in [-0.25, -0.2) is 0 Å². The molecule has 0 aromatic heterocycles. The molecule has 3 heteroatoms. The fourth-order valence-electron chi connectivity index (χ4n) is 3.18. The van der Waals surface area contributed by atoms with Gasteiger partial charge in [-0.1, -0.05) is 54.6 Å². The highest BCUT2D eigenvalue weighted by molar-refractivity contribution is 5.76. The molecule has 2 aromatic rings. The number of hydrogen-bond acceptors (Lipinski definition) is 2. The third kappa shape index (κ3) is 4.93. The zero-order valence-corrected chi connectivity index (χ0v) is 14.1. The number of amides is 1. The molecular weight excluding hydrogens is 296 g/mol. The van der Waals surface area contributed by atoms with Gasteiger partial charge >= 0.3 is 0 Å². The molecule has 1 amide bonds. The van der Waals surface area contributed by atoms with Gasteiger partial charge in [0.15, 0.2) is 0 Å². The summed E-state index contributed by atoms with van der Waals surface area (Å²) in [5.74, 6) is 0.807. The molecule has 2 aromatic carbocycles. The second-order valence-corrected chi connectivity index (χ2v) is 6.56. The summed E-state index contributed by atoms with van der Waals surface area (Å²) in [5.41, 5.74) is 3.66. The Bertz CT molecular complexity index is 631. The van der Waals surface area contributed by atoms with Crippen LogP contribution >= 0.6 is 0 Å². The van der Waals surface area contributed by atoms with E-state index in [1.165, 1.54) is 29.5 Å². The lowest BCUT2D eigenvalue weighted by atomic mass is 9.98. The van der Waals surface area contributed by atoms with Gasteiger partial charge in [-0.2, -0.15) is 0 Å². The quantitative estimate of drug-likeness (QED) is 0.856. The van der Waals surface area contributed by atoms with E-state index in [0.29, 0.717) is 12.3 Å². The maximum absolute atomic E-state index is 12.0. The summed E-state index contributed by atoms with van der Waals surface area (Å²) in [6.45, 7) is 2.98. The van der Waals surface area contributed by atoms with Crippen LogP contribution in [0.15, 0.2) is 54.6 Å². The SMILES string of the molecule is O=C(CCc1ccc(-c2ccccc2)cc1)NCC1CCNCC1. The van der Waals surface area contributed by atoms with Crippen LogP contribution < -0.4 is 10.6 Å². The van der Waals surface area contributed by atoms with E-state index < -0.39 is 0 Å². The van der Waals surface area contributed by atoms with Crippen LogP contribution in [0.25, 0.3) is 11.1 Å². The summed E-state index contributed by atoms with van der Waals surface area (Å²) < 4.78 is 0. The summed E-state index contributed by atoms with van der Waals surface area (Å²) >= 11 is 0. The zero-order valence-electron chi connectivity index (χ0n) is 14.1. The molecule has 0 atom stereocenters. The standard InChI is InChI=1S/C21H26N2O/c24-21(23-16-18-12-14-22-15-13-18)11-8-17-6-9-20(10-7-17)19-4-2-1-3-5-19/h1-7,9-10,18,22H,8,11-16H2,(H,23,24). The van der Waals surface area contributed by atoms with Gasteiger partial charge in [-0.15, -0.1) is 0 Å². The fourth-order valence-corrected chi connectivity index (χ4v) is 3.18. The molecule has 1 aliphatic heterocycles. The second kappa shape index (κ2) is 8.65. The van der Waals surface area contributed by atoms with Gasteiger partial charge < -0.3 is 10.6 Å². The Kier molecular flexibility index (Phi) is 6.02. The Morgan fingerprint density at radius 3 is 2.33 bits per heavy atom. The third-order valence-corrected chi connectivity index (χ3v) is 4.75. The monoisotopic (exact) mass is 322 g/mol. The molecule has 0 saturated carbocycles. The Labute approximate surface area is 144 Å². The summed E-state index contributed by atoms with van der Waals surface area (Å²) in [6.07, 6.45) is 3.70. The number of piperidine rings is 1. The smallest absolute Gasteiger partial charge is 0.220 e. The van der Waals surface area contributed by atoms with Crippen LogP contribution in [0.4, 0.5) is 0 Å². The van der Waals surface area contributed by atoms with Gasteiger partial charge in [0.1, 0.15) is 0 Å². The van der Waals surface area contributed by atoms with Crippen LogP contribution in [0.5, 0.6) is 0 Å². The van der Waals surface area contributed by atoms with Gasteiger partial charge in [0.05, 0.1) is 0 Å². The molecular formula is C21H26N2O. The summed E-state index contributed by atoms with van der Waals surface area (Å²) in [5, 5.41) is 6.45. The lowest BCUT2D eigenvalue weighted by Gasteiger charge is -2.22. The predicted molar refractivity (Wildman–Crippen MR) is 98.8 cm³/mol. The molecule has 1 aliphatic rings. The van der Waals surface area contributed by atoms with Crippen molar-refractivity contribution in [3.63, 3.8) is 0 Å². The van der Waals surface area contributed by atoms with E-state index in [0.717, 1.165) is 26.1 Å². The molecule has 0 unspecified atom stereocenters. The number of rotatable bonds is 6. The van der Waals surface area contributed by atoms with Crippen molar-refractivity contribution in [1.29, 1.82) is 0 Å². The highest BCUT2D eigenvalue weighted by atomic mass is 16.1. The van der Waals surface area contributed by atoms with Crippen LogP contribution in [0.1, 0.15) is 24.8 Å².